The van der Waals surface area contributed by atoms with Gasteiger partial charge in [-0.15, -0.1) is 9.24 Å². The molecule has 5 heteroatoms. The van der Waals surface area contributed by atoms with Gasteiger partial charge in [-0.25, -0.2) is 0 Å². The number of rotatable bonds is 1. The van der Waals surface area contributed by atoms with Gasteiger partial charge >= 0.3 is 0 Å². The summed E-state index contributed by atoms with van der Waals surface area (Å²) in [5.41, 5.74) is 0.161. The average molecular weight is 374 g/mol. The van der Waals surface area contributed by atoms with Gasteiger partial charge in [0, 0.05) is 44.1 Å². The largest absolute Gasteiger partial charge is 0.373 e. The molecule has 0 aromatic rings. The topological polar surface area (TPSA) is 49.3 Å². The van der Waals surface area contributed by atoms with Crippen molar-refractivity contribution in [2.45, 2.75) is 18.8 Å². The number of carbonyl (C=O) groups is 1. The van der Waals surface area contributed by atoms with Crippen molar-refractivity contribution in [3.8, 4) is 0 Å². The molecule has 4 atom stereocenters. The fourth-order valence-electron chi connectivity index (χ4n) is 0.905. The molecule has 1 saturated heterocycles. The zero-order chi connectivity index (χ0) is 7.02. The number of hydrogen-bond acceptors (Lipinski definition) is 2. The van der Waals surface area contributed by atoms with Gasteiger partial charge in [0.2, 0.25) is 5.91 Å². The van der Waals surface area contributed by atoms with Crippen LogP contribution < -0.4 is 5.32 Å². The van der Waals surface area contributed by atoms with Crippen LogP contribution in [0.25, 0.3) is 0 Å². The van der Waals surface area contributed by atoms with Crippen LogP contribution in [0.1, 0.15) is 6.92 Å². The standard InChI is InChI=1S/C5H10NO2P.Ac/c1-2(9)3-4(7)6-5(3)8;/h2-4,7H,9H2,1H3,(H,6,8);/t2?,3-,4?;/m1./s1. The van der Waals surface area contributed by atoms with E-state index in [9.17, 15) is 4.79 Å². The number of β-lactam (4-membered cyclic amide) rings is 1. The Morgan fingerprint density at radius 1 is 1.80 bits per heavy atom. The average Bonchev–Trinajstić information content (AvgIpc) is 1.62. The van der Waals surface area contributed by atoms with E-state index >= 15 is 0 Å². The molecule has 3 nitrogen and oxygen atoms in total. The van der Waals surface area contributed by atoms with E-state index in [1.54, 1.807) is 0 Å². The Morgan fingerprint density at radius 3 is 2.40 bits per heavy atom. The summed E-state index contributed by atoms with van der Waals surface area (Å²) >= 11 is 0. The third kappa shape index (κ3) is 2.14. The number of aliphatic hydroxyl groups is 1. The van der Waals surface area contributed by atoms with E-state index < -0.39 is 6.23 Å². The second kappa shape index (κ2) is 4.36. The normalized spacial score (nSPS) is 33.3. The Hall–Kier alpha value is 1.30. The van der Waals surface area contributed by atoms with E-state index in [1.165, 1.54) is 0 Å². The van der Waals surface area contributed by atoms with Gasteiger partial charge in [0.1, 0.15) is 6.23 Å². The van der Waals surface area contributed by atoms with Crippen molar-refractivity contribution in [3.63, 3.8) is 0 Å². The molecule has 1 amide bonds. The predicted octanol–water partition coefficient (Wildman–Crippen LogP) is -0.686. The van der Waals surface area contributed by atoms with Crippen molar-refractivity contribution in [3.05, 3.63) is 0 Å². The van der Waals surface area contributed by atoms with Crippen LogP contribution in [0, 0.1) is 50.0 Å². The first kappa shape index (κ1) is 11.3. The van der Waals surface area contributed by atoms with E-state index in [2.05, 4.69) is 14.6 Å². The van der Waals surface area contributed by atoms with Gasteiger partial charge in [-0.05, 0) is 5.66 Å². The number of carbonyl (C=O) groups excluding carboxylic acids is 1. The van der Waals surface area contributed by atoms with Gasteiger partial charge < -0.3 is 10.4 Å². The molecule has 0 aromatic carbocycles. The molecule has 0 spiro atoms. The van der Waals surface area contributed by atoms with Crippen molar-refractivity contribution in [2.75, 3.05) is 0 Å². The van der Waals surface area contributed by atoms with Gasteiger partial charge in [0.05, 0.1) is 5.92 Å². The van der Waals surface area contributed by atoms with Crippen LogP contribution >= 0.6 is 9.24 Å². The van der Waals surface area contributed by atoms with E-state index in [1.807, 2.05) is 6.92 Å². The van der Waals surface area contributed by atoms with Gasteiger partial charge in [-0.3, -0.25) is 4.79 Å². The van der Waals surface area contributed by atoms with Crippen molar-refractivity contribution >= 4 is 15.1 Å². The summed E-state index contributed by atoms with van der Waals surface area (Å²) in [6.45, 7) is 1.89. The maximum absolute atomic E-state index is 10.6. The van der Waals surface area contributed by atoms with Crippen molar-refractivity contribution in [1.82, 2.24) is 5.32 Å². The molecular weight excluding hydrogens is 364 g/mol. The third-order valence-electron chi connectivity index (χ3n) is 1.50. The minimum atomic E-state index is -0.620. The SMILES string of the molecule is CC(P)[C@H]1C(=O)NC1O.[Ac]. The zero-order valence-corrected chi connectivity index (χ0v) is 11.6. The summed E-state index contributed by atoms with van der Waals surface area (Å²) < 4.78 is 0. The molecule has 0 saturated carbocycles. The maximum Gasteiger partial charge on any atom is 0.230 e. The van der Waals surface area contributed by atoms with E-state index in [4.69, 9.17) is 5.11 Å². The summed E-state index contributed by atoms with van der Waals surface area (Å²) in [6, 6.07) is 0. The first-order valence-corrected chi connectivity index (χ1v) is 3.53. The fourth-order valence-corrected chi connectivity index (χ4v) is 1.29. The fraction of sp³-hybridized carbons (Fsp3) is 0.800. The van der Waals surface area contributed by atoms with Gasteiger partial charge in [0.25, 0.3) is 0 Å². The third-order valence-corrected chi connectivity index (χ3v) is 1.91. The first-order chi connectivity index (χ1) is 4.13. The number of hydrogen-bond donors (Lipinski definition) is 2. The molecule has 1 rings (SSSR count). The Bertz CT molecular complexity index is 137. The monoisotopic (exact) mass is 374 g/mol. The van der Waals surface area contributed by atoms with Crippen LogP contribution in [0.5, 0.6) is 0 Å². The molecule has 2 N–H and O–H groups in total. The molecule has 1 fully saturated rings. The molecule has 55 valence electrons. The molecule has 0 bridgehead atoms. The van der Waals surface area contributed by atoms with Crippen molar-refractivity contribution < 1.29 is 54.0 Å². The molecule has 0 aromatic heterocycles. The van der Waals surface area contributed by atoms with Crippen LogP contribution in [0.3, 0.4) is 0 Å². The molecular formula is C5H10AcNO2P. The van der Waals surface area contributed by atoms with Crippen LogP contribution in [-0.2, 0) is 4.79 Å². The summed E-state index contributed by atoms with van der Waals surface area (Å²) in [7, 11) is 2.50. The predicted molar refractivity (Wildman–Crippen MR) is 36.8 cm³/mol. The molecule has 1 radical (unpaired) electrons. The summed E-state index contributed by atoms with van der Waals surface area (Å²) in [5, 5.41) is 11.2. The zero-order valence-electron chi connectivity index (χ0n) is 5.74. The smallest absolute Gasteiger partial charge is 0.230 e. The molecule has 10 heavy (non-hydrogen) atoms. The van der Waals surface area contributed by atoms with Crippen LogP contribution in [0.15, 0.2) is 0 Å². The minimum Gasteiger partial charge on any atom is -0.373 e. The van der Waals surface area contributed by atoms with E-state index in [0.29, 0.717) is 0 Å². The van der Waals surface area contributed by atoms with Crippen LogP contribution in [0.2, 0.25) is 0 Å². The van der Waals surface area contributed by atoms with Gasteiger partial charge in [-0.2, -0.15) is 0 Å². The van der Waals surface area contributed by atoms with Gasteiger partial charge in [0.15, 0.2) is 0 Å². The molecule has 1 aliphatic heterocycles. The van der Waals surface area contributed by atoms with Crippen molar-refractivity contribution in [1.29, 1.82) is 0 Å². The number of nitrogens with one attached hydrogen (secondary N) is 1. The second-order valence-corrected chi connectivity index (χ2v) is 3.39. The second-order valence-electron chi connectivity index (χ2n) is 2.34. The Kier molecular flexibility index (Phi) is 4.92. The van der Waals surface area contributed by atoms with Gasteiger partial charge in [-0.1, -0.05) is 6.92 Å². The quantitative estimate of drug-likeness (QED) is 0.472. The Morgan fingerprint density at radius 2 is 2.30 bits per heavy atom. The molecule has 1 heterocycles. The number of aliphatic hydroxyl groups excluding tert-OH is 1. The van der Waals surface area contributed by atoms with E-state index in [0.717, 1.165) is 0 Å². The summed E-state index contributed by atoms with van der Waals surface area (Å²) in [6.07, 6.45) is -0.620. The Balaban J connectivity index is 0.000000810. The maximum atomic E-state index is 10.6. The summed E-state index contributed by atoms with van der Waals surface area (Å²) in [5.74, 6) is -0.264. The number of amides is 1. The van der Waals surface area contributed by atoms with Crippen LogP contribution in [0.4, 0.5) is 0 Å². The van der Waals surface area contributed by atoms with Crippen LogP contribution in [-0.4, -0.2) is 22.9 Å². The van der Waals surface area contributed by atoms with E-state index in [-0.39, 0.29) is 61.5 Å². The molecule has 1 aliphatic rings. The molecule has 3 unspecified atom stereocenters. The minimum absolute atomic E-state index is 0. The molecule has 0 aliphatic carbocycles. The van der Waals surface area contributed by atoms with Crippen molar-refractivity contribution in [2.24, 2.45) is 5.92 Å². The first-order valence-electron chi connectivity index (χ1n) is 2.87. The summed E-state index contributed by atoms with van der Waals surface area (Å²) in [4.78, 5) is 10.6. The Labute approximate surface area is 98.1 Å².